The Morgan fingerprint density at radius 1 is 1.14 bits per heavy atom. The van der Waals surface area contributed by atoms with E-state index in [2.05, 4.69) is 26.2 Å². The van der Waals surface area contributed by atoms with Gasteiger partial charge in [0.25, 0.3) is 0 Å². The molecular weight excluding hydrogens is 372 g/mol. The minimum absolute atomic E-state index is 0.0404. The molecule has 2 aromatic carbocycles. The van der Waals surface area contributed by atoms with Gasteiger partial charge in [0.05, 0.1) is 5.69 Å². The number of nitrogens with one attached hydrogen (secondary N) is 2. The van der Waals surface area contributed by atoms with Crippen molar-refractivity contribution < 1.29 is 14.7 Å². The van der Waals surface area contributed by atoms with Crippen LogP contribution in [0.4, 0.5) is 11.6 Å². The highest BCUT2D eigenvalue weighted by Crippen LogP contribution is 2.16. The summed E-state index contributed by atoms with van der Waals surface area (Å²) in [5, 5.41) is 26.4. The molecule has 0 radical (unpaired) electrons. The largest absolute Gasteiger partial charge is 0.481 e. The summed E-state index contributed by atoms with van der Waals surface area (Å²) >= 11 is 0. The highest BCUT2D eigenvalue weighted by molar-refractivity contribution is 5.96. The molecule has 0 saturated heterocycles. The molecule has 0 spiro atoms. The molecule has 1 atom stereocenters. The fourth-order valence-electron chi connectivity index (χ4n) is 2.81. The van der Waals surface area contributed by atoms with E-state index in [9.17, 15) is 9.59 Å². The highest BCUT2D eigenvalue weighted by atomic mass is 16.4. The number of tetrazole rings is 1. The lowest BCUT2D eigenvalue weighted by atomic mass is 10.1. The number of carbonyl (C=O) groups excluding carboxylic acids is 1. The third kappa shape index (κ3) is 5.38. The average molecular weight is 394 g/mol. The van der Waals surface area contributed by atoms with Crippen LogP contribution in [0, 0.1) is 0 Å². The number of carboxylic acid groups (broad SMARTS) is 1. The molecule has 9 nitrogen and oxygen atoms in total. The molecule has 0 aliphatic heterocycles. The van der Waals surface area contributed by atoms with E-state index >= 15 is 0 Å². The number of nitrogens with zero attached hydrogens (tertiary/aromatic N) is 4. The normalized spacial score (nSPS) is 11.6. The topological polar surface area (TPSA) is 122 Å². The number of hydrogen-bond acceptors (Lipinski definition) is 6. The van der Waals surface area contributed by atoms with Gasteiger partial charge in [-0.3, -0.25) is 9.59 Å². The Morgan fingerprint density at radius 2 is 1.93 bits per heavy atom. The second-order valence-electron chi connectivity index (χ2n) is 6.44. The molecule has 1 amide bonds. The molecule has 3 aromatic rings. The first-order valence-electron chi connectivity index (χ1n) is 9.28. The molecule has 9 heteroatoms. The number of rotatable bonds is 9. The standard InChI is InChI=1S/C20H22N6O3/c1-2-17(22-20-23-24-25-26(20)16-9-4-3-5-10-16)19(29)21-15-8-6-7-14(13-15)11-12-18(27)28/h3-10,13,17H,2,11-12H2,1H3,(H,21,29)(H,27,28)(H,22,23,25). The third-order valence-electron chi connectivity index (χ3n) is 4.32. The predicted molar refractivity (Wildman–Crippen MR) is 108 cm³/mol. The van der Waals surface area contributed by atoms with Gasteiger partial charge in [-0.25, -0.2) is 0 Å². The second-order valence-corrected chi connectivity index (χ2v) is 6.44. The van der Waals surface area contributed by atoms with Crippen LogP contribution in [0.3, 0.4) is 0 Å². The van der Waals surface area contributed by atoms with Crippen LogP contribution in [-0.2, 0) is 16.0 Å². The van der Waals surface area contributed by atoms with Gasteiger partial charge in [-0.1, -0.05) is 42.4 Å². The first kappa shape index (κ1) is 20.0. The average Bonchev–Trinajstić information content (AvgIpc) is 3.19. The number of aliphatic carboxylic acids is 1. The molecule has 0 bridgehead atoms. The zero-order valence-corrected chi connectivity index (χ0v) is 15.9. The number of amides is 1. The van der Waals surface area contributed by atoms with Crippen molar-refractivity contribution in [3.63, 3.8) is 0 Å². The zero-order chi connectivity index (χ0) is 20.6. The summed E-state index contributed by atoms with van der Waals surface area (Å²) in [5.74, 6) is -0.718. The van der Waals surface area contributed by atoms with Crippen molar-refractivity contribution in [2.45, 2.75) is 32.2 Å². The zero-order valence-electron chi connectivity index (χ0n) is 15.9. The van der Waals surface area contributed by atoms with Gasteiger partial charge in [-0.05, 0) is 53.1 Å². The molecule has 1 heterocycles. The lowest BCUT2D eigenvalue weighted by Crippen LogP contribution is -2.35. The first-order valence-corrected chi connectivity index (χ1v) is 9.28. The summed E-state index contributed by atoms with van der Waals surface area (Å²) in [6.45, 7) is 1.89. The summed E-state index contributed by atoms with van der Waals surface area (Å²) < 4.78 is 1.53. The van der Waals surface area contributed by atoms with E-state index in [4.69, 9.17) is 5.11 Å². The van der Waals surface area contributed by atoms with Crippen LogP contribution in [0.15, 0.2) is 54.6 Å². The smallest absolute Gasteiger partial charge is 0.303 e. The number of carboxylic acids is 1. The molecule has 3 N–H and O–H groups in total. The van der Waals surface area contributed by atoms with Gasteiger partial charge in [0.2, 0.25) is 11.9 Å². The van der Waals surface area contributed by atoms with E-state index in [1.807, 2.05) is 43.3 Å². The third-order valence-corrected chi connectivity index (χ3v) is 4.32. The first-order chi connectivity index (χ1) is 14.1. The van der Waals surface area contributed by atoms with Crippen LogP contribution < -0.4 is 10.6 Å². The van der Waals surface area contributed by atoms with E-state index in [1.54, 1.807) is 18.2 Å². The Kier molecular flexibility index (Phi) is 6.51. The van der Waals surface area contributed by atoms with Gasteiger partial charge in [0, 0.05) is 12.1 Å². The van der Waals surface area contributed by atoms with Crippen molar-refractivity contribution in [1.82, 2.24) is 20.2 Å². The molecule has 3 rings (SSSR count). The quantitative estimate of drug-likeness (QED) is 0.510. The maximum absolute atomic E-state index is 12.7. The number of aryl methyl sites for hydroxylation is 1. The van der Waals surface area contributed by atoms with Crippen molar-refractivity contribution >= 4 is 23.5 Å². The SMILES string of the molecule is CCC(Nc1nnnn1-c1ccccc1)C(=O)Nc1cccc(CCC(=O)O)c1. The Bertz CT molecular complexity index is 973. The van der Waals surface area contributed by atoms with Crippen molar-refractivity contribution in [2.24, 2.45) is 0 Å². The van der Waals surface area contributed by atoms with Crippen LogP contribution in [0.1, 0.15) is 25.3 Å². The minimum atomic E-state index is -0.856. The number of hydrogen-bond donors (Lipinski definition) is 3. The monoisotopic (exact) mass is 394 g/mol. The van der Waals surface area contributed by atoms with Gasteiger partial charge in [0.1, 0.15) is 6.04 Å². The Hall–Kier alpha value is -3.75. The van der Waals surface area contributed by atoms with Crippen molar-refractivity contribution in [1.29, 1.82) is 0 Å². The minimum Gasteiger partial charge on any atom is -0.481 e. The van der Waals surface area contributed by atoms with Crippen LogP contribution in [-0.4, -0.2) is 43.2 Å². The van der Waals surface area contributed by atoms with Crippen molar-refractivity contribution in [3.8, 4) is 5.69 Å². The molecule has 0 fully saturated rings. The number of carbonyl (C=O) groups is 2. The van der Waals surface area contributed by atoms with Gasteiger partial charge >= 0.3 is 5.97 Å². The highest BCUT2D eigenvalue weighted by Gasteiger charge is 2.20. The summed E-state index contributed by atoms with van der Waals surface area (Å²) in [7, 11) is 0. The van der Waals surface area contributed by atoms with Gasteiger partial charge < -0.3 is 15.7 Å². The fraction of sp³-hybridized carbons (Fsp3) is 0.250. The molecule has 0 aliphatic rings. The Labute approximate surface area is 167 Å². The maximum Gasteiger partial charge on any atom is 0.303 e. The van der Waals surface area contributed by atoms with Crippen molar-refractivity contribution in [3.05, 3.63) is 60.2 Å². The molecular formula is C20H22N6O3. The van der Waals surface area contributed by atoms with E-state index in [0.717, 1.165) is 11.3 Å². The van der Waals surface area contributed by atoms with Gasteiger partial charge in [-0.2, -0.15) is 4.68 Å². The van der Waals surface area contributed by atoms with E-state index < -0.39 is 12.0 Å². The van der Waals surface area contributed by atoms with Crippen LogP contribution >= 0.6 is 0 Å². The Morgan fingerprint density at radius 3 is 2.66 bits per heavy atom. The number of anilines is 2. The Balaban J connectivity index is 1.68. The summed E-state index contributed by atoms with van der Waals surface area (Å²) in [6, 6.07) is 16.0. The van der Waals surface area contributed by atoms with E-state index in [-0.39, 0.29) is 12.3 Å². The lowest BCUT2D eigenvalue weighted by Gasteiger charge is -2.17. The van der Waals surface area contributed by atoms with Crippen LogP contribution in [0.2, 0.25) is 0 Å². The summed E-state index contributed by atoms with van der Waals surface area (Å²) in [6.07, 6.45) is 0.964. The molecule has 29 heavy (non-hydrogen) atoms. The molecule has 1 aromatic heterocycles. The number of para-hydroxylation sites is 1. The maximum atomic E-state index is 12.7. The summed E-state index contributed by atoms with van der Waals surface area (Å²) in [4.78, 5) is 23.5. The number of benzene rings is 2. The van der Waals surface area contributed by atoms with Crippen molar-refractivity contribution in [2.75, 3.05) is 10.6 Å². The van der Waals surface area contributed by atoms with Gasteiger partial charge in [-0.15, -0.1) is 0 Å². The molecule has 1 unspecified atom stereocenters. The van der Waals surface area contributed by atoms with E-state index in [1.165, 1.54) is 4.68 Å². The van der Waals surface area contributed by atoms with Gasteiger partial charge in [0.15, 0.2) is 0 Å². The second kappa shape index (κ2) is 9.45. The molecule has 0 aliphatic carbocycles. The number of aromatic nitrogens is 4. The lowest BCUT2D eigenvalue weighted by molar-refractivity contribution is -0.137. The van der Waals surface area contributed by atoms with Crippen LogP contribution in [0.5, 0.6) is 0 Å². The molecule has 150 valence electrons. The predicted octanol–water partition coefficient (Wildman–Crippen LogP) is 2.51. The van der Waals surface area contributed by atoms with Crippen LogP contribution in [0.25, 0.3) is 5.69 Å². The molecule has 0 saturated carbocycles. The van der Waals surface area contributed by atoms with E-state index in [0.29, 0.717) is 24.5 Å². The fourth-order valence-corrected chi connectivity index (χ4v) is 2.81. The summed E-state index contributed by atoms with van der Waals surface area (Å²) in [5.41, 5.74) is 2.24.